The van der Waals surface area contributed by atoms with Crippen molar-refractivity contribution in [2.24, 2.45) is 0 Å². The fourth-order valence-electron chi connectivity index (χ4n) is 2.54. The van der Waals surface area contributed by atoms with Gasteiger partial charge in [-0.3, -0.25) is 9.89 Å². The van der Waals surface area contributed by atoms with Crippen molar-refractivity contribution in [1.82, 2.24) is 10.2 Å². The molecule has 0 aliphatic carbocycles. The van der Waals surface area contributed by atoms with E-state index in [1.54, 1.807) is 24.3 Å². The Morgan fingerprint density at radius 3 is 2.96 bits per heavy atom. The van der Waals surface area contributed by atoms with Crippen molar-refractivity contribution >= 4 is 44.2 Å². The number of carbonyl (C=O) groups is 1. The molecule has 1 amide bonds. The summed E-state index contributed by atoms with van der Waals surface area (Å²) < 4.78 is 12.0. The third kappa shape index (κ3) is 2.54. The molecule has 0 saturated carbocycles. The molecule has 3 aromatic rings. The molecule has 122 valence electrons. The molecule has 1 aliphatic rings. The molecule has 1 aliphatic heterocycles. The van der Waals surface area contributed by atoms with E-state index >= 15 is 0 Å². The van der Waals surface area contributed by atoms with Crippen molar-refractivity contribution in [3.8, 4) is 11.5 Å². The number of nitrogen functional groups attached to an aromatic ring is 1. The maximum Gasteiger partial charge on any atom is 0.269 e. The number of nitrogens with one attached hydrogen (secondary N) is 2. The minimum absolute atomic E-state index is 0.153. The number of para-hydroxylation sites is 2. The van der Waals surface area contributed by atoms with Crippen molar-refractivity contribution in [3.63, 3.8) is 0 Å². The number of aromatic amines is 1. The first-order valence-electron chi connectivity index (χ1n) is 7.24. The zero-order valence-electron chi connectivity index (χ0n) is 12.4. The molecular weight excluding hydrogens is 376 g/mol. The van der Waals surface area contributed by atoms with E-state index in [1.807, 2.05) is 12.1 Å². The van der Waals surface area contributed by atoms with Crippen LogP contribution >= 0.6 is 15.9 Å². The van der Waals surface area contributed by atoms with Crippen LogP contribution in [0.25, 0.3) is 10.9 Å². The first-order chi connectivity index (χ1) is 11.6. The minimum Gasteiger partial charge on any atom is -0.485 e. The number of nitrogens with zero attached hydrogens (tertiary/aromatic N) is 1. The van der Waals surface area contributed by atoms with Gasteiger partial charge in [0, 0.05) is 15.5 Å². The highest BCUT2D eigenvalue weighted by Gasteiger charge is 2.27. The Labute approximate surface area is 145 Å². The summed E-state index contributed by atoms with van der Waals surface area (Å²) in [5.41, 5.74) is 7.19. The van der Waals surface area contributed by atoms with Crippen LogP contribution in [-0.2, 0) is 4.79 Å². The van der Waals surface area contributed by atoms with Crippen LogP contribution in [0.2, 0.25) is 0 Å². The van der Waals surface area contributed by atoms with Gasteiger partial charge in [0.15, 0.2) is 17.3 Å². The number of rotatable bonds is 2. The Kier molecular flexibility index (Phi) is 3.53. The second-order valence-corrected chi connectivity index (χ2v) is 6.20. The number of benzene rings is 2. The molecule has 0 spiro atoms. The molecule has 4 rings (SSSR count). The average molecular weight is 389 g/mol. The van der Waals surface area contributed by atoms with E-state index in [9.17, 15) is 4.79 Å². The zero-order chi connectivity index (χ0) is 16.7. The Balaban J connectivity index is 1.55. The summed E-state index contributed by atoms with van der Waals surface area (Å²) >= 11 is 3.43. The Morgan fingerprint density at radius 2 is 2.12 bits per heavy atom. The molecule has 1 aromatic heterocycles. The van der Waals surface area contributed by atoms with Gasteiger partial charge in [-0.1, -0.05) is 12.1 Å². The zero-order valence-corrected chi connectivity index (χ0v) is 14.0. The van der Waals surface area contributed by atoms with Gasteiger partial charge in [-0.25, -0.2) is 0 Å². The third-order valence-corrected chi connectivity index (χ3v) is 4.35. The molecule has 2 heterocycles. The molecule has 0 bridgehead atoms. The molecule has 1 unspecified atom stereocenters. The third-order valence-electron chi connectivity index (χ3n) is 3.72. The van der Waals surface area contributed by atoms with E-state index in [-0.39, 0.29) is 12.5 Å². The quantitative estimate of drug-likeness (QED) is 0.626. The molecule has 24 heavy (non-hydrogen) atoms. The lowest BCUT2D eigenvalue weighted by molar-refractivity contribution is -0.125. The lowest BCUT2D eigenvalue weighted by atomic mass is 10.2. The number of aromatic nitrogens is 2. The number of fused-ring (bicyclic) bond motifs is 2. The van der Waals surface area contributed by atoms with Crippen molar-refractivity contribution in [2.45, 2.75) is 6.10 Å². The summed E-state index contributed by atoms with van der Waals surface area (Å²) in [6, 6.07) is 10.8. The normalized spacial score (nSPS) is 16.1. The molecule has 7 nitrogen and oxygen atoms in total. The van der Waals surface area contributed by atoms with Gasteiger partial charge in [0.1, 0.15) is 6.61 Å². The highest BCUT2D eigenvalue weighted by molar-refractivity contribution is 9.10. The number of ether oxygens (including phenoxy) is 2. The van der Waals surface area contributed by atoms with Gasteiger partial charge in [0.05, 0.1) is 5.52 Å². The standard InChI is InChI=1S/C16H13BrN4O3/c17-10-6-8(5-9-14(10)20-21-15(9)18)19-16(22)13-7-23-11-3-1-2-4-12(11)24-13/h1-6,13H,7H2,(H,19,22)(H3,18,20,21). The SMILES string of the molecule is Nc1n[nH]c2c(Br)cc(NC(=O)C3COc4ccccc4O3)cc12. The van der Waals surface area contributed by atoms with E-state index < -0.39 is 6.10 Å². The summed E-state index contributed by atoms with van der Waals surface area (Å²) in [5.74, 6) is 1.27. The van der Waals surface area contributed by atoms with Gasteiger partial charge in [-0.15, -0.1) is 0 Å². The molecule has 4 N–H and O–H groups in total. The predicted molar refractivity (Wildman–Crippen MR) is 93.2 cm³/mol. The van der Waals surface area contributed by atoms with E-state index in [2.05, 4.69) is 31.4 Å². The molecule has 0 radical (unpaired) electrons. The molecular formula is C16H13BrN4O3. The van der Waals surface area contributed by atoms with Crippen LogP contribution in [0.3, 0.4) is 0 Å². The van der Waals surface area contributed by atoms with Gasteiger partial charge < -0.3 is 20.5 Å². The van der Waals surface area contributed by atoms with Crippen molar-refractivity contribution in [1.29, 1.82) is 0 Å². The van der Waals surface area contributed by atoms with Crippen LogP contribution < -0.4 is 20.5 Å². The van der Waals surface area contributed by atoms with Gasteiger partial charge in [0.2, 0.25) is 6.10 Å². The van der Waals surface area contributed by atoms with E-state index in [0.29, 0.717) is 23.0 Å². The number of anilines is 2. The molecule has 8 heteroatoms. The number of halogens is 1. The first kappa shape index (κ1) is 14.8. The molecule has 0 fully saturated rings. The number of carbonyl (C=O) groups excluding carboxylic acids is 1. The van der Waals surface area contributed by atoms with E-state index in [4.69, 9.17) is 15.2 Å². The molecule has 0 saturated heterocycles. The number of amides is 1. The van der Waals surface area contributed by atoms with E-state index in [1.165, 1.54) is 0 Å². The van der Waals surface area contributed by atoms with Crippen molar-refractivity contribution in [2.75, 3.05) is 17.7 Å². The van der Waals surface area contributed by atoms with Gasteiger partial charge in [-0.2, -0.15) is 5.10 Å². The largest absolute Gasteiger partial charge is 0.485 e. The topological polar surface area (TPSA) is 102 Å². The summed E-state index contributed by atoms with van der Waals surface area (Å²) in [6.45, 7) is 0.153. The lowest BCUT2D eigenvalue weighted by Crippen LogP contribution is -2.40. The van der Waals surface area contributed by atoms with Crippen LogP contribution in [0, 0.1) is 0 Å². The Hall–Kier alpha value is -2.74. The summed E-state index contributed by atoms with van der Waals surface area (Å²) in [5, 5.41) is 10.3. The van der Waals surface area contributed by atoms with Crippen LogP contribution in [0.15, 0.2) is 40.9 Å². The predicted octanol–water partition coefficient (Wildman–Crippen LogP) is 2.69. The van der Waals surface area contributed by atoms with Crippen LogP contribution in [0.1, 0.15) is 0 Å². The lowest BCUT2D eigenvalue weighted by Gasteiger charge is -2.25. The second kappa shape index (κ2) is 5.72. The number of nitrogens with two attached hydrogens (primary N) is 1. The fourth-order valence-corrected chi connectivity index (χ4v) is 3.09. The van der Waals surface area contributed by atoms with Crippen LogP contribution in [0.5, 0.6) is 11.5 Å². The average Bonchev–Trinajstić information content (AvgIpc) is 2.96. The number of H-pyrrole nitrogens is 1. The molecule has 2 aromatic carbocycles. The maximum atomic E-state index is 12.5. The second-order valence-electron chi connectivity index (χ2n) is 5.34. The first-order valence-corrected chi connectivity index (χ1v) is 8.03. The highest BCUT2D eigenvalue weighted by atomic mass is 79.9. The molecule has 1 atom stereocenters. The number of hydrogen-bond donors (Lipinski definition) is 3. The smallest absolute Gasteiger partial charge is 0.269 e. The van der Waals surface area contributed by atoms with Gasteiger partial charge in [0.25, 0.3) is 5.91 Å². The Bertz CT molecular complexity index is 940. The van der Waals surface area contributed by atoms with Gasteiger partial charge in [-0.05, 0) is 40.2 Å². The fraction of sp³-hybridized carbons (Fsp3) is 0.125. The van der Waals surface area contributed by atoms with Crippen molar-refractivity contribution in [3.05, 3.63) is 40.9 Å². The van der Waals surface area contributed by atoms with Crippen LogP contribution in [0.4, 0.5) is 11.5 Å². The van der Waals surface area contributed by atoms with Crippen LogP contribution in [-0.4, -0.2) is 28.8 Å². The summed E-state index contributed by atoms with van der Waals surface area (Å²) in [4.78, 5) is 12.5. The number of hydrogen-bond acceptors (Lipinski definition) is 5. The van der Waals surface area contributed by atoms with E-state index in [0.717, 1.165) is 15.4 Å². The van der Waals surface area contributed by atoms with Crippen molar-refractivity contribution < 1.29 is 14.3 Å². The van der Waals surface area contributed by atoms with Gasteiger partial charge >= 0.3 is 0 Å². The monoisotopic (exact) mass is 388 g/mol. The summed E-state index contributed by atoms with van der Waals surface area (Å²) in [6.07, 6.45) is -0.726. The minimum atomic E-state index is -0.726. The Morgan fingerprint density at radius 1 is 1.33 bits per heavy atom. The maximum absolute atomic E-state index is 12.5. The highest BCUT2D eigenvalue weighted by Crippen LogP contribution is 2.32. The summed E-state index contributed by atoms with van der Waals surface area (Å²) in [7, 11) is 0.